The molecule has 1 unspecified atom stereocenters. The second-order valence-electron chi connectivity index (χ2n) is 18.7. The number of likely N-dealkylation sites (tertiary alicyclic amines) is 2. The van der Waals surface area contributed by atoms with Crippen molar-refractivity contribution in [3.8, 4) is 22.3 Å². The van der Waals surface area contributed by atoms with E-state index in [4.69, 9.17) is 25.2 Å². The molecule has 2 aromatic carbocycles. The largest absolute Gasteiger partial charge is 0.380 e. The minimum Gasteiger partial charge on any atom is -0.380 e. The lowest BCUT2D eigenvalue weighted by molar-refractivity contribution is -0.121. The number of amides is 1. The molecule has 4 aromatic heterocycles. The second-order valence-corrected chi connectivity index (χ2v) is 20.4. The summed E-state index contributed by atoms with van der Waals surface area (Å²) in [6.45, 7) is 15.8. The molecule has 9 heterocycles. The van der Waals surface area contributed by atoms with Gasteiger partial charge in [0.15, 0.2) is 0 Å². The number of carbonyl (C=O) groups is 1. The average molecular weight is 929 g/mol. The topological polar surface area (TPSA) is 129 Å². The molecule has 348 valence electrons. The number of thiophene rings is 2. The fourth-order valence-corrected chi connectivity index (χ4v) is 12.1. The summed E-state index contributed by atoms with van der Waals surface area (Å²) in [6, 6.07) is 21.0. The van der Waals surface area contributed by atoms with Crippen molar-refractivity contribution in [1.82, 2.24) is 29.7 Å². The third-order valence-electron chi connectivity index (χ3n) is 14.2. The first-order valence-electron chi connectivity index (χ1n) is 24.3. The van der Waals surface area contributed by atoms with E-state index in [1.54, 1.807) is 29.0 Å². The molecule has 1 atom stereocenters. The fourth-order valence-electron chi connectivity index (χ4n) is 10.3. The Balaban J connectivity index is 0.000000162. The molecule has 5 aliphatic heterocycles. The smallest absolute Gasteiger partial charge is 0.228 e. The molecule has 13 nitrogen and oxygen atoms in total. The first-order valence-corrected chi connectivity index (χ1v) is 26.1. The Morgan fingerprint density at radius 1 is 0.606 bits per heavy atom. The Hall–Kier alpha value is -4.77. The monoisotopic (exact) mass is 928 g/mol. The summed E-state index contributed by atoms with van der Waals surface area (Å²) in [5, 5.41) is 6.66. The number of benzene rings is 2. The summed E-state index contributed by atoms with van der Waals surface area (Å²) < 4.78 is 12.0. The van der Waals surface area contributed by atoms with E-state index in [1.165, 1.54) is 68.4 Å². The lowest BCUT2D eigenvalue weighted by Crippen LogP contribution is -2.49. The number of anilines is 3. The molecule has 5 fully saturated rings. The number of primary amides is 1. The van der Waals surface area contributed by atoms with Crippen molar-refractivity contribution in [2.24, 2.45) is 23.5 Å². The standard InChI is InChI=1S/C29H38N6O2S.C22H26N4OS/c30-26(36)23-10-15-35(18-23)27-25-24(22-6-2-1-3-7-22)20-38-28(25)32-29(31-27)34-13-8-21(9-14-34)19-37-17-16-33-11-4-5-12-33;1-2-6-18(7-3-1)19-15-28-22-20(19)21(23-16-24-22)26-12-17(13-26)14-27-11-10-25-8-4-5-9-25/h1-3,6-7,20-21,23H,4-5,8-19H2,(H2,30,36);1-3,6-7,15-17H,4-5,8-14H2. The van der Waals surface area contributed by atoms with Gasteiger partial charge in [-0.05, 0) is 88.2 Å². The van der Waals surface area contributed by atoms with Crippen LogP contribution < -0.4 is 20.4 Å². The quantitative estimate of drug-likeness (QED) is 0.0948. The van der Waals surface area contributed by atoms with Crippen molar-refractivity contribution in [2.45, 2.75) is 44.9 Å². The Bertz CT molecular complexity index is 2500. The number of hydrogen-bond donors (Lipinski definition) is 1. The number of nitrogens with two attached hydrogens (primary N) is 1. The van der Waals surface area contributed by atoms with Crippen LogP contribution in [0.1, 0.15) is 44.9 Å². The summed E-state index contributed by atoms with van der Waals surface area (Å²) in [4.78, 5) is 45.3. The normalized spacial score (nSPS) is 19.8. The predicted octanol–water partition coefficient (Wildman–Crippen LogP) is 7.91. The molecule has 0 aliphatic carbocycles. The van der Waals surface area contributed by atoms with Crippen molar-refractivity contribution < 1.29 is 14.3 Å². The van der Waals surface area contributed by atoms with Crippen molar-refractivity contribution in [3.05, 3.63) is 77.8 Å². The number of aromatic nitrogens is 4. The molecular weight excluding hydrogens is 865 g/mol. The van der Waals surface area contributed by atoms with Crippen LogP contribution in [0.2, 0.25) is 0 Å². The van der Waals surface area contributed by atoms with E-state index in [-0.39, 0.29) is 11.8 Å². The van der Waals surface area contributed by atoms with Crippen LogP contribution in [0.3, 0.4) is 0 Å². The zero-order chi connectivity index (χ0) is 44.7. The van der Waals surface area contributed by atoms with Crippen LogP contribution in [-0.2, 0) is 14.3 Å². The highest BCUT2D eigenvalue weighted by Gasteiger charge is 2.33. The molecule has 5 aliphatic rings. The SMILES string of the molecule is NC(=O)C1CCN(c2nc(N3CCC(COCCN4CCCC4)CC3)nc3scc(-c4ccccc4)c23)C1.c1ccc(-c2csc3ncnc(N4CC(COCCN5CCCC5)C4)c23)cc1. The summed E-state index contributed by atoms with van der Waals surface area (Å²) >= 11 is 3.37. The van der Waals surface area contributed by atoms with E-state index >= 15 is 0 Å². The van der Waals surface area contributed by atoms with Crippen molar-refractivity contribution >= 4 is 66.6 Å². The van der Waals surface area contributed by atoms with Gasteiger partial charge in [-0.3, -0.25) is 4.79 Å². The molecule has 0 bridgehead atoms. The van der Waals surface area contributed by atoms with Gasteiger partial charge in [-0.2, -0.15) is 4.98 Å². The zero-order valence-electron chi connectivity index (χ0n) is 38.1. The lowest BCUT2D eigenvalue weighted by atomic mass is 9.98. The van der Waals surface area contributed by atoms with Gasteiger partial charge >= 0.3 is 0 Å². The summed E-state index contributed by atoms with van der Waals surface area (Å²) in [5.41, 5.74) is 10.4. The lowest BCUT2D eigenvalue weighted by Gasteiger charge is -2.40. The molecule has 0 radical (unpaired) electrons. The van der Waals surface area contributed by atoms with E-state index in [9.17, 15) is 4.79 Å². The Morgan fingerprint density at radius 3 is 1.76 bits per heavy atom. The van der Waals surface area contributed by atoms with Gasteiger partial charge in [0, 0.05) is 86.8 Å². The average Bonchev–Trinajstić information content (AvgIpc) is 4.21. The molecule has 0 saturated carbocycles. The third kappa shape index (κ3) is 10.5. The van der Waals surface area contributed by atoms with Crippen molar-refractivity contribution in [3.63, 3.8) is 0 Å². The van der Waals surface area contributed by atoms with E-state index in [0.717, 1.165) is 135 Å². The summed E-state index contributed by atoms with van der Waals surface area (Å²) in [7, 11) is 0. The molecule has 11 rings (SSSR count). The van der Waals surface area contributed by atoms with Gasteiger partial charge in [-0.25, -0.2) is 15.0 Å². The molecule has 6 aromatic rings. The van der Waals surface area contributed by atoms with E-state index < -0.39 is 0 Å². The van der Waals surface area contributed by atoms with Gasteiger partial charge in [0.1, 0.15) is 27.6 Å². The van der Waals surface area contributed by atoms with Gasteiger partial charge in [-0.15, -0.1) is 22.7 Å². The van der Waals surface area contributed by atoms with Gasteiger partial charge in [0.2, 0.25) is 11.9 Å². The van der Waals surface area contributed by atoms with E-state index in [1.807, 2.05) is 6.07 Å². The Labute approximate surface area is 396 Å². The molecule has 15 heteroatoms. The van der Waals surface area contributed by atoms with Crippen LogP contribution in [-0.4, -0.2) is 141 Å². The number of nitrogens with zero attached hydrogens (tertiary/aromatic N) is 9. The minimum atomic E-state index is -0.226. The number of rotatable bonds is 16. The highest BCUT2D eigenvalue weighted by Crippen LogP contribution is 2.42. The van der Waals surface area contributed by atoms with Gasteiger partial charge in [0.25, 0.3) is 0 Å². The second kappa shape index (κ2) is 21.5. The minimum absolute atomic E-state index is 0.136. The van der Waals surface area contributed by atoms with Crippen molar-refractivity contribution in [2.75, 3.05) is 120 Å². The molecule has 0 spiro atoms. The highest BCUT2D eigenvalue weighted by atomic mass is 32.1. The maximum atomic E-state index is 11.9. The van der Waals surface area contributed by atoms with Crippen LogP contribution in [0.4, 0.5) is 17.6 Å². The predicted molar refractivity (Wildman–Crippen MR) is 269 cm³/mol. The first kappa shape index (κ1) is 45.0. The fraction of sp³-hybridized carbons (Fsp3) is 0.510. The molecule has 1 amide bonds. The van der Waals surface area contributed by atoms with Crippen LogP contribution in [0, 0.1) is 17.8 Å². The summed E-state index contributed by atoms with van der Waals surface area (Å²) in [5.74, 6) is 3.63. The molecule has 2 N–H and O–H groups in total. The molecule has 66 heavy (non-hydrogen) atoms. The van der Waals surface area contributed by atoms with Gasteiger partial charge in [0.05, 0.1) is 36.5 Å². The van der Waals surface area contributed by atoms with Crippen LogP contribution >= 0.6 is 22.7 Å². The van der Waals surface area contributed by atoms with E-state index in [2.05, 4.69) is 99.8 Å². The van der Waals surface area contributed by atoms with Crippen LogP contribution in [0.25, 0.3) is 42.7 Å². The number of piperidine rings is 1. The maximum Gasteiger partial charge on any atom is 0.228 e. The maximum absolute atomic E-state index is 11.9. The third-order valence-corrected chi connectivity index (χ3v) is 15.9. The van der Waals surface area contributed by atoms with E-state index in [0.29, 0.717) is 18.4 Å². The Morgan fingerprint density at radius 2 is 1.17 bits per heavy atom. The number of ether oxygens (including phenoxy) is 2. The number of carbonyl (C=O) groups excluding carboxylic acids is 1. The summed E-state index contributed by atoms with van der Waals surface area (Å²) in [6.07, 6.45) is 10.00. The number of fused-ring (bicyclic) bond motifs is 2. The van der Waals surface area contributed by atoms with Crippen LogP contribution in [0.15, 0.2) is 77.8 Å². The van der Waals surface area contributed by atoms with Gasteiger partial charge < -0.3 is 39.7 Å². The van der Waals surface area contributed by atoms with Crippen molar-refractivity contribution in [1.29, 1.82) is 0 Å². The Kier molecular flexibility index (Phi) is 14.6. The first-order chi connectivity index (χ1) is 32.5. The molecular formula is C51H64N10O3S2. The molecule has 5 saturated heterocycles. The highest BCUT2D eigenvalue weighted by molar-refractivity contribution is 7.17. The van der Waals surface area contributed by atoms with Crippen LogP contribution in [0.5, 0.6) is 0 Å². The zero-order valence-corrected chi connectivity index (χ0v) is 39.8. The number of hydrogen-bond acceptors (Lipinski definition) is 14. The van der Waals surface area contributed by atoms with Gasteiger partial charge in [-0.1, -0.05) is 60.7 Å².